The number of rotatable bonds is 4. The van der Waals surface area contributed by atoms with Crippen molar-refractivity contribution < 1.29 is 4.79 Å². The zero-order chi connectivity index (χ0) is 17.1. The second kappa shape index (κ2) is 6.62. The molecule has 0 radical (unpaired) electrons. The van der Waals surface area contributed by atoms with Gasteiger partial charge in [0.05, 0.1) is 29.0 Å². The predicted molar refractivity (Wildman–Crippen MR) is 91.5 cm³/mol. The van der Waals surface area contributed by atoms with Gasteiger partial charge in [-0.15, -0.1) is 0 Å². The van der Waals surface area contributed by atoms with E-state index in [2.05, 4.69) is 15.3 Å². The summed E-state index contributed by atoms with van der Waals surface area (Å²) in [6, 6.07) is 10.7. The van der Waals surface area contributed by atoms with Crippen molar-refractivity contribution in [2.24, 2.45) is 0 Å². The van der Waals surface area contributed by atoms with Gasteiger partial charge in [0.1, 0.15) is 6.54 Å². The maximum Gasteiger partial charge on any atom is 0.261 e. The summed E-state index contributed by atoms with van der Waals surface area (Å²) in [7, 11) is 0. The summed E-state index contributed by atoms with van der Waals surface area (Å²) in [6.45, 7) is 3.68. The first-order valence-corrected chi connectivity index (χ1v) is 7.71. The van der Waals surface area contributed by atoms with Gasteiger partial charge in [0.15, 0.2) is 0 Å². The average Bonchev–Trinajstić information content (AvgIpc) is 2.58. The quantitative estimate of drug-likeness (QED) is 0.797. The highest BCUT2D eigenvalue weighted by molar-refractivity contribution is 5.81. The molecule has 0 spiro atoms. The second-order valence-electron chi connectivity index (χ2n) is 5.69. The van der Waals surface area contributed by atoms with Crippen LogP contribution in [0.4, 0.5) is 0 Å². The summed E-state index contributed by atoms with van der Waals surface area (Å²) >= 11 is 0. The monoisotopic (exact) mass is 322 g/mol. The minimum atomic E-state index is -0.260. The molecule has 0 fully saturated rings. The summed E-state index contributed by atoms with van der Waals surface area (Å²) in [4.78, 5) is 33.2. The summed E-state index contributed by atoms with van der Waals surface area (Å²) in [5, 5.41) is 3.36. The molecule has 122 valence electrons. The number of pyridine rings is 1. The number of benzene rings is 1. The van der Waals surface area contributed by atoms with Crippen LogP contribution >= 0.6 is 0 Å². The number of hydrogen-bond acceptors (Lipinski definition) is 4. The zero-order valence-electron chi connectivity index (χ0n) is 13.6. The fourth-order valence-corrected chi connectivity index (χ4v) is 2.60. The first-order valence-electron chi connectivity index (χ1n) is 7.71. The topological polar surface area (TPSA) is 76.9 Å². The van der Waals surface area contributed by atoms with Crippen LogP contribution in [0.2, 0.25) is 0 Å². The van der Waals surface area contributed by atoms with Crippen LogP contribution < -0.4 is 10.9 Å². The van der Waals surface area contributed by atoms with E-state index in [4.69, 9.17) is 0 Å². The third kappa shape index (κ3) is 3.17. The Kier molecular flexibility index (Phi) is 4.37. The fourth-order valence-electron chi connectivity index (χ4n) is 2.60. The molecule has 6 nitrogen and oxygen atoms in total. The minimum Gasteiger partial charge on any atom is -0.346 e. The molecule has 1 unspecified atom stereocenters. The first-order chi connectivity index (χ1) is 11.6. The van der Waals surface area contributed by atoms with Crippen LogP contribution in [0, 0.1) is 6.92 Å². The molecule has 0 aliphatic rings. The van der Waals surface area contributed by atoms with Gasteiger partial charge in [-0.1, -0.05) is 18.2 Å². The molecular formula is C18H18N4O2. The van der Waals surface area contributed by atoms with Crippen LogP contribution in [0.15, 0.2) is 53.7 Å². The molecule has 3 aromatic rings. The van der Waals surface area contributed by atoms with Crippen LogP contribution in [0.1, 0.15) is 24.2 Å². The summed E-state index contributed by atoms with van der Waals surface area (Å²) in [6.07, 6.45) is 3.10. The molecule has 1 aromatic carbocycles. The molecular weight excluding hydrogens is 304 g/mol. The Morgan fingerprint density at radius 1 is 1.21 bits per heavy atom. The normalized spacial score (nSPS) is 12.1. The van der Waals surface area contributed by atoms with Gasteiger partial charge in [-0.2, -0.15) is 0 Å². The van der Waals surface area contributed by atoms with Crippen LogP contribution in [0.5, 0.6) is 0 Å². The molecule has 6 heteroatoms. The van der Waals surface area contributed by atoms with E-state index in [0.29, 0.717) is 10.9 Å². The molecule has 0 saturated heterocycles. The zero-order valence-corrected chi connectivity index (χ0v) is 13.6. The molecule has 0 bridgehead atoms. The fraction of sp³-hybridized carbons (Fsp3) is 0.222. The number of aryl methyl sites for hydroxylation is 1. The number of para-hydroxylation sites is 1. The molecule has 0 aliphatic carbocycles. The van der Waals surface area contributed by atoms with Crippen molar-refractivity contribution in [3.05, 3.63) is 70.5 Å². The third-order valence-corrected chi connectivity index (χ3v) is 3.88. The molecule has 1 amide bonds. The smallest absolute Gasteiger partial charge is 0.261 e. The molecule has 0 aliphatic heterocycles. The molecule has 3 rings (SSSR count). The number of nitrogens with one attached hydrogen (secondary N) is 1. The lowest BCUT2D eigenvalue weighted by Gasteiger charge is -2.14. The lowest BCUT2D eigenvalue weighted by molar-refractivity contribution is -0.122. The highest BCUT2D eigenvalue weighted by Crippen LogP contribution is 2.11. The van der Waals surface area contributed by atoms with Gasteiger partial charge in [0, 0.05) is 6.20 Å². The van der Waals surface area contributed by atoms with E-state index in [0.717, 1.165) is 11.3 Å². The van der Waals surface area contributed by atoms with Crippen molar-refractivity contribution >= 4 is 16.8 Å². The number of nitrogens with zero attached hydrogens (tertiary/aromatic N) is 3. The van der Waals surface area contributed by atoms with E-state index in [-0.39, 0.29) is 24.1 Å². The van der Waals surface area contributed by atoms with Crippen LogP contribution in [0.3, 0.4) is 0 Å². The second-order valence-corrected chi connectivity index (χ2v) is 5.69. The van der Waals surface area contributed by atoms with Crippen LogP contribution in [0.25, 0.3) is 10.9 Å². The van der Waals surface area contributed by atoms with Crippen molar-refractivity contribution in [3.8, 4) is 0 Å². The molecule has 0 saturated carbocycles. The Morgan fingerprint density at radius 2 is 2.04 bits per heavy atom. The van der Waals surface area contributed by atoms with Crippen molar-refractivity contribution in [2.75, 3.05) is 0 Å². The van der Waals surface area contributed by atoms with Crippen LogP contribution in [-0.4, -0.2) is 20.4 Å². The standard InChI is InChI=1S/C18H18N4O2/c1-12-6-5-7-14-17(12)20-11-22(18(14)24)10-16(23)21-13(2)15-8-3-4-9-19-15/h3-9,11,13H,10H2,1-2H3,(H,21,23). The maximum atomic E-state index is 12.5. The van der Waals surface area contributed by atoms with E-state index >= 15 is 0 Å². The van der Waals surface area contributed by atoms with Gasteiger partial charge >= 0.3 is 0 Å². The number of hydrogen-bond donors (Lipinski definition) is 1. The van der Waals surface area contributed by atoms with E-state index in [9.17, 15) is 9.59 Å². The number of fused-ring (bicyclic) bond motifs is 1. The van der Waals surface area contributed by atoms with Crippen molar-refractivity contribution in [1.82, 2.24) is 19.9 Å². The van der Waals surface area contributed by atoms with Gasteiger partial charge in [-0.3, -0.25) is 19.1 Å². The molecule has 24 heavy (non-hydrogen) atoms. The van der Waals surface area contributed by atoms with Crippen LogP contribution in [-0.2, 0) is 11.3 Å². The Bertz CT molecular complexity index is 935. The Balaban J connectivity index is 1.79. The maximum absolute atomic E-state index is 12.5. The van der Waals surface area contributed by atoms with Gasteiger partial charge < -0.3 is 5.32 Å². The molecule has 2 heterocycles. The number of carbonyl (C=O) groups is 1. The Morgan fingerprint density at radius 3 is 2.79 bits per heavy atom. The van der Waals surface area contributed by atoms with E-state index in [1.165, 1.54) is 10.9 Å². The van der Waals surface area contributed by atoms with Crippen molar-refractivity contribution in [1.29, 1.82) is 0 Å². The molecule has 2 aromatic heterocycles. The SMILES string of the molecule is Cc1cccc2c(=O)n(CC(=O)NC(C)c3ccccn3)cnc12. The Hall–Kier alpha value is -3.02. The number of aromatic nitrogens is 3. The van der Waals surface area contributed by atoms with Gasteiger partial charge in [-0.25, -0.2) is 4.98 Å². The summed E-state index contributed by atoms with van der Waals surface area (Å²) in [5.74, 6) is -0.260. The average molecular weight is 322 g/mol. The lowest BCUT2D eigenvalue weighted by Crippen LogP contribution is -2.34. The summed E-state index contributed by atoms with van der Waals surface area (Å²) < 4.78 is 1.32. The predicted octanol–water partition coefficient (Wildman–Crippen LogP) is 1.98. The van der Waals surface area contributed by atoms with E-state index < -0.39 is 0 Å². The highest BCUT2D eigenvalue weighted by atomic mass is 16.2. The van der Waals surface area contributed by atoms with E-state index in [1.54, 1.807) is 12.3 Å². The van der Waals surface area contributed by atoms with E-state index in [1.807, 2.05) is 44.2 Å². The third-order valence-electron chi connectivity index (χ3n) is 3.88. The number of carbonyl (C=O) groups excluding carboxylic acids is 1. The largest absolute Gasteiger partial charge is 0.346 e. The lowest BCUT2D eigenvalue weighted by atomic mass is 10.1. The Labute approximate surface area is 139 Å². The van der Waals surface area contributed by atoms with Gasteiger partial charge in [0.25, 0.3) is 5.56 Å². The molecule has 1 atom stereocenters. The minimum absolute atomic E-state index is 0.0765. The van der Waals surface area contributed by atoms with Crippen molar-refractivity contribution in [2.45, 2.75) is 26.4 Å². The molecule has 1 N–H and O–H groups in total. The number of amides is 1. The summed E-state index contributed by atoms with van der Waals surface area (Å²) in [5.41, 5.74) is 2.15. The van der Waals surface area contributed by atoms with Gasteiger partial charge in [0.2, 0.25) is 5.91 Å². The van der Waals surface area contributed by atoms with Gasteiger partial charge in [-0.05, 0) is 37.6 Å². The van der Waals surface area contributed by atoms with Crippen molar-refractivity contribution in [3.63, 3.8) is 0 Å². The first kappa shape index (κ1) is 15.9. The highest BCUT2D eigenvalue weighted by Gasteiger charge is 2.13.